The van der Waals surface area contributed by atoms with Crippen LogP contribution in [0, 0.1) is 0 Å². The van der Waals surface area contributed by atoms with Crippen LogP contribution in [-0.4, -0.2) is 43.7 Å². The number of nitrogens with one attached hydrogen (secondary N) is 2. The lowest BCUT2D eigenvalue weighted by Gasteiger charge is -2.19. The Morgan fingerprint density at radius 3 is 2.55 bits per heavy atom. The van der Waals surface area contributed by atoms with E-state index in [-0.39, 0.29) is 18.0 Å². The highest BCUT2D eigenvalue weighted by atomic mass is 16.5. The molecule has 0 bridgehead atoms. The van der Waals surface area contributed by atoms with Crippen molar-refractivity contribution in [2.75, 3.05) is 20.8 Å². The third-order valence-electron chi connectivity index (χ3n) is 3.78. The molecule has 1 aliphatic heterocycles. The van der Waals surface area contributed by atoms with E-state index in [1.165, 1.54) is 4.90 Å². The van der Waals surface area contributed by atoms with Crippen molar-refractivity contribution in [3.8, 4) is 5.75 Å². The lowest BCUT2D eigenvalue weighted by molar-refractivity contribution is -0.901. The lowest BCUT2D eigenvalue weighted by Crippen LogP contribution is -3.09. The van der Waals surface area contributed by atoms with Crippen LogP contribution in [0.25, 0.3) is 0 Å². The minimum absolute atomic E-state index is 0.110. The molecule has 0 aromatic heterocycles. The average molecular weight is 306 g/mol. The van der Waals surface area contributed by atoms with E-state index in [9.17, 15) is 9.59 Å². The monoisotopic (exact) mass is 306 g/mol. The van der Waals surface area contributed by atoms with Gasteiger partial charge in [-0.25, -0.2) is 9.69 Å². The van der Waals surface area contributed by atoms with Gasteiger partial charge >= 0.3 is 6.03 Å². The van der Waals surface area contributed by atoms with Gasteiger partial charge in [-0.3, -0.25) is 4.79 Å². The van der Waals surface area contributed by atoms with Crippen molar-refractivity contribution in [2.24, 2.45) is 0 Å². The summed E-state index contributed by atoms with van der Waals surface area (Å²) in [6.45, 7) is 3.11. The Bertz CT molecular complexity index is 530. The van der Waals surface area contributed by atoms with Crippen molar-refractivity contribution < 1.29 is 19.2 Å². The Labute approximate surface area is 131 Å². The van der Waals surface area contributed by atoms with Crippen molar-refractivity contribution in [2.45, 2.75) is 32.4 Å². The van der Waals surface area contributed by atoms with Crippen molar-refractivity contribution in [3.05, 3.63) is 29.8 Å². The third kappa shape index (κ3) is 3.76. The van der Waals surface area contributed by atoms with E-state index in [1.807, 2.05) is 38.2 Å². The quantitative estimate of drug-likeness (QED) is 0.716. The number of carbonyl (C=O) groups is 2. The minimum atomic E-state index is -0.355. The van der Waals surface area contributed by atoms with E-state index in [1.54, 1.807) is 7.11 Å². The first-order chi connectivity index (χ1) is 10.5. The molecule has 1 heterocycles. The van der Waals surface area contributed by atoms with Gasteiger partial charge in [-0.15, -0.1) is 0 Å². The molecule has 1 fully saturated rings. The second-order valence-electron chi connectivity index (χ2n) is 5.70. The summed E-state index contributed by atoms with van der Waals surface area (Å²) in [5.41, 5.74) is 1.13. The van der Waals surface area contributed by atoms with E-state index in [4.69, 9.17) is 4.74 Å². The summed E-state index contributed by atoms with van der Waals surface area (Å²) in [5.74, 6) is 0.707. The van der Waals surface area contributed by atoms with Crippen molar-refractivity contribution in [3.63, 3.8) is 0 Å². The largest absolute Gasteiger partial charge is 0.497 e. The Morgan fingerprint density at radius 1 is 1.27 bits per heavy atom. The number of quaternary nitrogens is 1. The number of hydrogen-bond donors (Lipinski definition) is 2. The van der Waals surface area contributed by atoms with E-state index >= 15 is 0 Å². The predicted octanol–water partition coefficient (Wildman–Crippen LogP) is 0.388. The number of amides is 3. The fourth-order valence-electron chi connectivity index (χ4n) is 2.63. The van der Waals surface area contributed by atoms with Crippen LogP contribution < -0.4 is 15.0 Å². The van der Waals surface area contributed by atoms with Gasteiger partial charge in [0.05, 0.1) is 14.2 Å². The summed E-state index contributed by atoms with van der Waals surface area (Å²) in [6.07, 6.45) is 1.57. The molecule has 0 saturated carbocycles. The van der Waals surface area contributed by atoms with Gasteiger partial charge in [0.2, 0.25) is 0 Å². The molecule has 1 unspecified atom stereocenters. The molecule has 120 valence electrons. The molecule has 0 spiro atoms. The van der Waals surface area contributed by atoms with E-state index in [2.05, 4.69) is 5.32 Å². The van der Waals surface area contributed by atoms with Gasteiger partial charge in [0.15, 0.2) is 6.67 Å². The van der Waals surface area contributed by atoms with Crippen LogP contribution in [0.2, 0.25) is 0 Å². The van der Waals surface area contributed by atoms with E-state index in [0.717, 1.165) is 29.2 Å². The summed E-state index contributed by atoms with van der Waals surface area (Å²) in [7, 11) is 3.61. The van der Waals surface area contributed by atoms with E-state index in [0.29, 0.717) is 13.1 Å². The Morgan fingerprint density at radius 2 is 1.95 bits per heavy atom. The SMILES string of the molecule is CCC[C@H]1NC(=O)N(C[NH+](C)Cc2ccc(OC)cc2)C1=O. The predicted molar refractivity (Wildman–Crippen MR) is 82.5 cm³/mol. The Kier molecular flexibility index (Phi) is 5.38. The first-order valence-corrected chi connectivity index (χ1v) is 7.61. The van der Waals surface area contributed by atoms with Crippen molar-refractivity contribution in [1.29, 1.82) is 0 Å². The highest BCUT2D eigenvalue weighted by Crippen LogP contribution is 2.11. The molecule has 6 heteroatoms. The number of methoxy groups -OCH3 is 1. The molecule has 1 aromatic carbocycles. The number of benzene rings is 1. The molecule has 6 nitrogen and oxygen atoms in total. The molecule has 22 heavy (non-hydrogen) atoms. The van der Waals surface area contributed by atoms with Gasteiger partial charge < -0.3 is 15.0 Å². The fourth-order valence-corrected chi connectivity index (χ4v) is 2.63. The number of imide groups is 1. The molecule has 2 N–H and O–H groups in total. The number of urea groups is 1. The maximum absolute atomic E-state index is 12.2. The number of nitrogens with zero attached hydrogens (tertiary/aromatic N) is 1. The average Bonchev–Trinajstić information content (AvgIpc) is 2.76. The molecule has 2 atom stereocenters. The summed E-state index contributed by atoms with van der Waals surface area (Å²) in [6, 6.07) is 7.17. The molecular formula is C16H24N3O3+. The highest BCUT2D eigenvalue weighted by Gasteiger charge is 2.38. The zero-order chi connectivity index (χ0) is 16.1. The van der Waals surface area contributed by atoms with Crippen LogP contribution in [0.5, 0.6) is 5.75 Å². The van der Waals surface area contributed by atoms with Gasteiger partial charge in [0, 0.05) is 5.56 Å². The van der Waals surface area contributed by atoms with Gasteiger partial charge in [0.1, 0.15) is 18.3 Å². The molecule has 0 radical (unpaired) electrons. The summed E-state index contributed by atoms with van der Waals surface area (Å²) in [5, 5.41) is 2.75. The van der Waals surface area contributed by atoms with Crippen LogP contribution >= 0.6 is 0 Å². The molecular weight excluding hydrogens is 282 g/mol. The molecule has 2 rings (SSSR count). The molecule has 1 aromatic rings. The fraction of sp³-hybridized carbons (Fsp3) is 0.500. The molecule has 1 aliphatic rings. The zero-order valence-corrected chi connectivity index (χ0v) is 13.4. The number of rotatable bonds is 7. The summed E-state index contributed by atoms with van der Waals surface area (Å²) < 4.78 is 5.13. The van der Waals surface area contributed by atoms with Crippen molar-refractivity contribution >= 4 is 11.9 Å². The van der Waals surface area contributed by atoms with Crippen LogP contribution in [-0.2, 0) is 11.3 Å². The van der Waals surface area contributed by atoms with Crippen LogP contribution in [0.1, 0.15) is 25.3 Å². The number of ether oxygens (including phenoxy) is 1. The second kappa shape index (κ2) is 7.26. The van der Waals surface area contributed by atoms with Gasteiger partial charge in [-0.2, -0.15) is 0 Å². The molecule has 0 aliphatic carbocycles. The minimum Gasteiger partial charge on any atom is -0.497 e. The van der Waals surface area contributed by atoms with Crippen molar-refractivity contribution in [1.82, 2.24) is 10.2 Å². The van der Waals surface area contributed by atoms with Gasteiger partial charge in [-0.05, 0) is 30.7 Å². The maximum Gasteiger partial charge on any atom is 0.329 e. The number of hydrogen-bond acceptors (Lipinski definition) is 3. The Hall–Kier alpha value is -2.08. The van der Waals surface area contributed by atoms with E-state index < -0.39 is 0 Å². The normalized spacial score (nSPS) is 19.2. The third-order valence-corrected chi connectivity index (χ3v) is 3.78. The topological polar surface area (TPSA) is 63.1 Å². The standard InChI is InChI=1S/C16H23N3O3/c1-4-5-14-15(20)19(16(21)17-14)11-18(2)10-12-6-8-13(22-3)9-7-12/h6-9,14H,4-5,10-11H2,1-3H3,(H,17,21)/p+1/t14-/m1/s1. The van der Waals surface area contributed by atoms with Crippen LogP contribution in [0.4, 0.5) is 4.79 Å². The first kappa shape index (κ1) is 16.3. The smallest absolute Gasteiger partial charge is 0.329 e. The van der Waals surface area contributed by atoms with Crippen LogP contribution in [0.3, 0.4) is 0 Å². The summed E-state index contributed by atoms with van der Waals surface area (Å²) in [4.78, 5) is 26.5. The maximum atomic E-state index is 12.2. The Balaban J connectivity index is 1.92. The van der Waals surface area contributed by atoms with Crippen LogP contribution in [0.15, 0.2) is 24.3 Å². The summed E-state index contributed by atoms with van der Waals surface area (Å²) >= 11 is 0. The molecule has 3 amide bonds. The second-order valence-corrected chi connectivity index (χ2v) is 5.70. The molecule has 1 saturated heterocycles. The highest BCUT2D eigenvalue weighted by molar-refractivity contribution is 6.03. The van der Waals surface area contributed by atoms with Gasteiger partial charge in [0.25, 0.3) is 5.91 Å². The zero-order valence-electron chi connectivity index (χ0n) is 13.4. The lowest BCUT2D eigenvalue weighted by atomic mass is 10.2. The van der Waals surface area contributed by atoms with Gasteiger partial charge in [-0.1, -0.05) is 13.3 Å². The number of carbonyl (C=O) groups excluding carboxylic acids is 2. The first-order valence-electron chi connectivity index (χ1n) is 7.61.